The fraction of sp³-hybridized carbons (Fsp3) is 0.341. The molecule has 10 nitrogen and oxygen atoms in total. The Balaban J connectivity index is 1.35. The van der Waals surface area contributed by atoms with E-state index in [0.717, 1.165) is 27.9 Å². The van der Waals surface area contributed by atoms with Crippen LogP contribution in [0.1, 0.15) is 77.8 Å². The molecule has 2 N–H and O–H groups in total. The number of aliphatic hydroxyl groups is 1. The molecule has 0 spiro atoms. The lowest BCUT2D eigenvalue weighted by molar-refractivity contribution is -0.116. The zero-order valence-electron chi connectivity index (χ0n) is 29.7. The molecule has 2 aromatic carbocycles. The molecule has 3 amide bonds. The maximum atomic E-state index is 14.1. The zero-order chi connectivity index (χ0) is 36.8. The van der Waals surface area contributed by atoms with Gasteiger partial charge in [-0.2, -0.15) is 0 Å². The average molecular weight is 722 g/mol. The molecule has 52 heavy (non-hydrogen) atoms. The fourth-order valence-electron chi connectivity index (χ4n) is 6.59. The molecule has 3 heterocycles. The van der Waals surface area contributed by atoms with E-state index >= 15 is 0 Å². The Morgan fingerprint density at radius 2 is 1.81 bits per heavy atom. The van der Waals surface area contributed by atoms with E-state index in [1.807, 2.05) is 78.9 Å². The first-order valence-corrected chi connectivity index (χ1v) is 18.0. The lowest BCUT2D eigenvalue weighted by Crippen LogP contribution is -2.53. The minimum atomic E-state index is -1.22. The highest BCUT2D eigenvalue weighted by Gasteiger charge is 2.54. The third kappa shape index (κ3) is 8.69. The summed E-state index contributed by atoms with van der Waals surface area (Å²) in [7, 11) is 0. The molecule has 2 aliphatic rings. The summed E-state index contributed by atoms with van der Waals surface area (Å²) >= 11 is 6.38. The van der Waals surface area contributed by atoms with Gasteiger partial charge in [-0.3, -0.25) is 24.4 Å². The Labute approximate surface area is 309 Å². The van der Waals surface area contributed by atoms with Crippen LogP contribution in [0.4, 0.5) is 10.6 Å². The van der Waals surface area contributed by atoms with Crippen LogP contribution in [-0.2, 0) is 34.5 Å². The first kappa shape index (κ1) is 36.7. The summed E-state index contributed by atoms with van der Waals surface area (Å²) in [5.41, 5.74) is 4.00. The third-order valence-electron chi connectivity index (χ3n) is 9.70. The summed E-state index contributed by atoms with van der Waals surface area (Å²) in [6.07, 6.45) is 6.00. The number of aliphatic hydroxyl groups excluding tert-OH is 1. The Kier molecular flexibility index (Phi) is 11.4. The summed E-state index contributed by atoms with van der Waals surface area (Å²) in [5.74, 6) is -0.277. The van der Waals surface area contributed by atoms with E-state index < -0.39 is 29.7 Å². The fourth-order valence-corrected chi connectivity index (χ4v) is 6.79. The molecule has 1 fully saturated rings. The van der Waals surface area contributed by atoms with Crippen LogP contribution < -0.4 is 10.2 Å². The SMILES string of the molecule is CC(=O)N1C/C=C/Cc2cccc(c2)C[C@@H]([C@H](O)CN(C(=O)OCc2ccccc2)C2(c3cc(C(C)C)ccn3)CC2)NC(=O)c2cc(Cl)nc1c2. The smallest absolute Gasteiger partial charge is 0.410 e. The number of pyridine rings is 2. The van der Waals surface area contributed by atoms with E-state index in [9.17, 15) is 19.5 Å². The summed E-state index contributed by atoms with van der Waals surface area (Å²) in [4.78, 5) is 52.7. The zero-order valence-corrected chi connectivity index (χ0v) is 30.4. The number of aromatic nitrogens is 2. The molecule has 11 heteroatoms. The number of nitrogens with one attached hydrogen (secondary N) is 1. The number of halogens is 1. The van der Waals surface area contributed by atoms with Gasteiger partial charge >= 0.3 is 6.09 Å². The Bertz CT molecular complexity index is 1950. The number of hydrogen-bond acceptors (Lipinski definition) is 7. The van der Waals surface area contributed by atoms with Crippen molar-refractivity contribution >= 4 is 35.3 Å². The quantitative estimate of drug-likeness (QED) is 0.152. The lowest BCUT2D eigenvalue weighted by atomic mass is 9.96. The van der Waals surface area contributed by atoms with Crippen molar-refractivity contribution in [3.63, 3.8) is 0 Å². The van der Waals surface area contributed by atoms with E-state index in [0.29, 0.717) is 19.3 Å². The van der Waals surface area contributed by atoms with Gasteiger partial charge in [-0.15, -0.1) is 0 Å². The number of benzene rings is 2. The second kappa shape index (κ2) is 16.1. The predicted octanol–water partition coefficient (Wildman–Crippen LogP) is 6.75. The third-order valence-corrected chi connectivity index (χ3v) is 9.89. The summed E-state index contributed by atoms with van der Waals surface area (Å²) in [6, 6.07) is 23.5. The first-order valence-electron chi connectivity index (χ1n) is 17.6. The number of carbonyl (C=O) groups is 3. The molecule has 0 saturated heterocycles. The molecule has 0 unspecified atom stereocenters. The number of allylic oxidation sites excluding steroid dienone is 1. The molecule has 270 valence electrons. The van der Waals surface area contributed by atoms with Crippen molar-refractivity contribution in [1.82, 2.24) is 20.2 Å². The van der Waals surface area contributed by atoms with Gasteiger partial charge in [0.25, 0.3) is 5.91 Å². The van der Waals surface area contributed by atoms with Crippen molar-refractivity contribution in [3.8, 4) is 0 Å². The molecule has 1 saturated carbocycles. The molecule has 2 aromatic heterocycles. The Hall–Kier alpha value is -5.06. The molecule has 1 aliphatic heterocycles. The Morgan fingerprint density at radius 1 is 1.04 bits per heavy atom. The van der Waals surface area contributed by atoms with E-state index in [2.05, 4.69) is 24.1 Å². The summed E-state index contributed by atoms with van der Waals surface area (Å²) in [5, 5.41) is 15.2. The van der Waals surface area contributed by atoms with Crippen molar-refractivity contribution in [2.45, 2.75) is 76.7 Å². The predicted molar refractivity (Wildman–Crippen MR) is 200 cm³/mol. The van der Waals surface area contributed by atoms with Gasteiger partial charge in [0.15, 0.2) is 0 Å². The number of nitrogens with zero attached hydrogens (tertiary/aromatic N) is 4. The maximum absolute atomic E-state index is 14.1. The summed E-state index contributed by atoms with van der Waals surface area (Å²) < 4.78 is 5.88. The molecule has 2 atom stereocenters. The first-order chi connectivity index (χ1) is 25.0. The van der Waals surface area contributed by atoms with Crippen molar-refractivity contribution in [2.75, 3.05) is 18.0 Å². The van der Waals surface area contributed by atoms with Crippen LogP contribution in [0.3, 0.4) is 0 Å². The minimum Gasteiger partial charge on any atom is -0.445 e. The molecule has 4 aromatic rings. The number of carbonyl (C=O) groups excluding carboxylic acids is 3. The number of anilines is 1. The maximum Gasteiger partial charge on any atom is 0.410 e. The van der Waals surface area contributed by atoms with E-state index in [4.69, 9.17) is 21.3 Å². The molecule has 6 rings (SSSR count). The molecular formula is C41H44ClN5O5. The topological polar surface area (TPSA) is 125 Å². The Morgan fingerprint density at radius 3 is 2.54 bits per heavy atom. The average Bonchev–Trinajstić information content (AvgIpc) is 3.94. The number of hydrogen-bond donors (Lipinski definition) is 2. The van der Waals surface area contributed by atoms with Gasteiger partial charge in [0.05, 0.1) is 29.9 Å². The van der Waals surface area contributed by atoms with Gasteiger partial charge in [-0.25, -0.2) is 9.78 Å². The molecule has 0 radical (unpaired) electrons. The standard InChI is InChI=1S/C41H44ClN5O5/c1-27(2)32-15-18-43-36(22-32)41(16-17-41)47(40(51)52-26-30-11-5-4-6-12-30)25-35(49)34-21-31-14-9-13-29(20-31)10-7-8-19-46(28(3)48)38-24-33(39(50)44-34)23-37(42)45-38/h4-9,11-15,18,20,22-24,27,34-35,49H,10,16-17,19,21,25-26H2,1-3H3,(H,44,50)/b8-7+/t34-,35+/m0/s1. The van der Waals surface area contributed by atoms with Crippen molar-refractivity contribution in [2.24, 2.45) is 0 Å². The van der Waals surface area contributed by atoms with E-state index in [1.165, 1.54) is 24.0 Å². The molecule has 1 aliphatic carbocycles. The van der Waals surface area contributed by atoms with Crippen LogP contribution in [0.25, 0.3) is 0 Å². The second-order valence-corrected chi connectivity index (χ2v) is 14.2. The van der Waals surface area contributed by atoms with Crippen LogP contribution in [0.2, 0.25) is 5.15 Å². The van der Waals surface area contributed by atoms with Crippen molar-refractivity contribution < 1.29 is 24.2 Å². The van der Waals surface area contributed by atoms with E-state index in [1.54, 1.807) is 11.1 Å². The van der Waals surface area contributed by atoms with Gasteiger partial charge < -0.3 is 15.2 Å². The number of amides is 3. The highest BCUT2D eigenvalue weighted by molar-refractivity contribution is 6.30. The number of fused-ring (bicyclic) bond motifs is 4. The van der Waals surface area contributed by atoms with Gasteiger partial charge in [0.1, 0.15) is 17.6 Å². The van der Waals surface area contributed by atoms with Crippen LogP contribution in [0.5, 0.6) is 0 Å². The summed E-state index contributed by atoms with van der Waals surface area (Å²) in [6.45, 7) is 5.82. The molecule has 4 bridgehead atoms. The minimum absolute atomic E-state index is 0.0464. The monoisotopic (exact) mass is 721 g/mol. The van der Waals surface area contributed by atoms with Gasteiger partial charge in [-0.1, -0.05) is 92.2 Å². The van der Waals surface area contributed by atoms with Crippen LogP contribution in [0.15, 0.2) is 97.2 Å². The highest BCUT2D eigenvalue weighted by atomic mass is 35.5. The number of ether oxygens (including phenoxy) is 1. The van der Waals surface area contributed by atoms with Crippen molar-refractivity contribution in [1.29, 1.82) is 0 Å². The van der Waals surface area contributed by atoms with Crippen LogP contribution in [0, 0.1) is 0 Å². The van der Waals surface area contributed by atoms with Gasteiger partial charge in [-0.05, 0) is 78.1 Å². The largest absolute Gasteiger partial charge is 0.445 e. The lowest BCUT2D eigenvalue weighted by Gasteiger charge is -2.35. The molecular weight excluding hydrogens is 678 g/mol. The van der Waals surface area contributed by atoms with Crippen LogP contribution >= 0.6 is 11.6 Å². The van der Waals surface area contributed by atoms with Gasteiger partial charge in [0.2, 0.25) is 5.91 Å². The number of rotatable bonds is 8. The second-order valence-electron chi connectivity index (χ2n) is 13.8. The highest BCUT2D eigenvalue weighted by Crippen LogP contribution is 2.51. The van der Waals surface area contributed by atoms with Crippen LogP contribution in [-0.4, -0.2) is 63.1 Å². The van der Waals surface area contributed by atoms with Crippen molar-refractivity contribution in [3.05, 3.63) is 136 Å². The normalized spacial score (nSPS) is 18.0. The van der Waals surface area contributed by atoms with Gasteiger partial charge in [0, 0.05) is 25.2 Å². The van der Waals surface area contributed by atoms with E-state index in [-0.39, 0.29) is 54.5 Å².